The van der Waals surface area contributed by atoms with Crippen LogP contribution < -0.4 is 0 Å². The van der Waals surface area contributed by atoms with Gasteiger partial charge < -0.3 is 14.7 Å². The maximum atomic E-state index is 10.3. The molecular formula is C11H21NO3. The van der Waals surface area contributed by atoms with E-state index in [4.69, 9.17) is 9.84 Å². The van der Waals surface area contributed by atoms with Crippen LogP contribution in [0.2, 0.25) is 0 Å². The summed E-state index contributed by atoms with van der Waals surface area (Å²) in [6.07, 6.45) is 4.75. The van der Waals surface area contributed by atoms with Gasteiger partial charge in [-0.05, 0) is 39.3 Å². The highest BCUT2D eigenvalue weighted by atomic mass is 16.5. The molecule has 1 N–H and O–H groups in total. The molecule has 1 aliphatic heterocycles. The van der Waals surface area contributed by atoms with Crippen LogP contribution in [0.4, 0.5) is 0 Å². The standard InChI is InChI=1S/C11H21NO3/c1-12(7-3-2-6-11(13)14)9-10-5-4-8-15-10/h10H,2-9H2,1H3,(H,13,14). The van der Waals surface area contributed by atoms with E-state index < -0.39 is 5.97 Å². The average molecular weight is 215 g/mol. The predicted molar refractivity (Wildman–Crippen MR) is 58.0 cm³/mol. The van der Waals surface area contributed by atoms with E-state index in [2.05, 4.69) is 11.9 Å². The average Bonchev–Trinajstić information content (AvgIpc) is 2.64. The third-order valence-electron chi connectivity index (χ3n) is 2.72. The minimum Gasteiger partial charge on any atom is -0.481 e. The predicted octanol–water partition coefficient (Wildman–Crippen LogP) is 1.35. The maximum absolute atomic E-state index is 10.3. The molecule has 0 radical (unpaired) electrons. The first-order valence-electron chi connectivity index (χ1n) is 5.70. The van der Waals surface area contributed by atoms with E-state index in [0.717, 1.165) is 32.5 Å². The topological polar surface area (TPSA) is 49.8 Å². The molecule has 15 heavy (non-hydrogen) atoms. The highest BCUT2D eigenvalue weighted by molar-refractivity contribution is 5.66. The van der Waals surface area contributed by atoms with Gasteiger partial charge in [0.25, 0.3) is 0 Å². The van der Waals surface area contributed by atoms with Crippen molar-refractivity contribution in [1.29, 1.82) is 0 Å². The number of unbranched alkanes of at least 4 members (excludes halogenated alkanes) is 1. The Kier molecular flexibility index (Phi) is 5.65. The van der Waals surface area contributed by atoms with Crippen LogP contribution in [-0.2, 0) is 9.53 Å². The number of nitrogens with zero attached hydrogens (tertiary/aromatic N) is 1. The van der Waals surface area contributed by atoms with E-state index in [9.17, 15) is 4.79 Å². The minimum absolute atomic E-state index is 0.285. The fraction of sp³-hybridized carbons (Fsp3) is 0.909. The molecule has 0 aromatic rings. The van der Waals surface area contributed by atoms with Gasteiger partial charge in [0.1, 0.15) is 0 Å². The van der Waals surface area contributed by atoms with Crippen molar-refractivity contribution in [2.24, 2.45) is 0 Å². The normalized spacial score (nSPS) is 21.1. The van der Waals surface area contributed by atoms with Crippen molar-refractivity contribution in [2.75, 3.05) is 26.7 Å². The number of likely N-dealkylation sites (N-methyl/N-ethyl adjacent to an activating group) is 1. The van der Waals surface area contributed by atoms with Gasteiger partial charge in [0, 0.05) is 19.6 Å². The molecule has 4 heteroatoms. The lowest BCUT2D eigenvalue weighted by molar-refractivity contribution is -0.137. The van der Waals surface area contributed by atoms with Crippen LogP contribution in [0.3, 0.4) is 0 Å². The summed E-state index contributed by atoms with van der Waals surface area (Å²) in [7, 11) is 2.07. The van der Waals surface area contributed by atoms with Crippen molar-refractivity contribution in [3.05, 3.63) is 0 Å². The lowest BCUT2D eigenvalue weighted by atomic mass is 10.2. The molecule has 0 amide bonds. The zero-order valence-electron chi connectivity index (χ0n) is 9.45. The van der Waals surface area contributed by atoms with E-state index in [1.54, 1.807) is 0 Å². The molecule has 1 heterocycles. The van der Waals surface area contributed by atoms with Gasteiger partial charge >= 0.3 is 5.97 Å². The van der Waals surface area contributed by atoms with Crippen LogP contribution in [0.5, 0.6) is 0 Å². The molecule has 1 aliphatic rings. The highest BCUT2D eigenvalue weighted by Crippen LogP contribution is 2.12. The van der Waals surface area contributed by atoms with Crippen LogP contribution in [0.15, 0.2) is 0 Å². The van der Waals surface area contributed by atoms with Gasteiger partial charge in [0.2, 0.25) is 0 Å². The van der Waals surface area contributed by atoms with Crippen LogP contribution in [-0.4, -0.2) is 48.8 Å². The van der Waals surface area contributed by atoms with Crippen molar-refractivity contribution < 1.29 is 14.6 Å². The molecule has 0 aromatic carbocycles. The Balaban J connectivity index is 1.97. The second-order valence-electron chi connectivity index (χ2n) is 4.25. The van der Waals surface area contributed by atoms with Gasteiger partial charge in [-0.3, -0.25) is 4.79 Å². The number of rotatable bonds is 7. The summed E-state index contributed by atoms with van der Waals surface area (Å²) in [5.41, 5.74) is 0. The van der Waals surface area contributed by atoms with Gasteiger partial charge in [0.05, 0.1) is 6.10 Å². The Bertz CT molecular complexity index is 190. The van der Waals surface area contributed by atoms with Gasteiger partial charge in [-0.25, -0.2) is 0 Å². The number of ether oxygens (including phenoxy) is 1. The second-order valence-corrected chi connectivity index (χ2v) is 4.25. The summed E-state index contributed by atoms with van der Waals surface area (Å²) in [5, 5.41) is 8.47. The Morgan fingerprint density at radius 1 is 1.53 bits per heavy atom. The molecule has 0 bridgehead atoms. The highest BCUT2D eigenvalue weighted by Gasteiger charge is 2.16. The molecule has 0 spiro atoms. The third-order valence-corrected chi connectivity index (χ3v) is 2.72. The summed E-state index contributed by atoms with van der Waals surface area (Å²) in [5.74, 6) is -0.697. The molecule has 4 nitrogen and oxygen atoms in total. The van der Waals surface area contributed by atoms with Gasteiger partial charge in [0.15, 0.2) is 0 Å². The largest absolute Gasteiger partial charge is 0.481 e. The summed E-state index contributed by atoms with van der Waals surface area (Å²) in [6, 6.07) is 0. The molecule has 1 unspecified atom stereocenters. The lowest BCUT2D eigenvalue weighted by Crippen LogP contribution is -2.29. The SMILES string of the molecule is CN(CCCCC(=O)O)CC1CCCO1. The summed E-state index contributed by atoms with van der Waals surface area (Å²) < 4.78 is 5.53. The molecular weight excluding hydrogens is 194 g/mol. The maximum Gasteiger partial charge on any atom is 0.303 e. The van der Waals surface area contributed by atoms with Crippen molar-refractivity contribution in [3.63, 3.8) is 0 Å². The first kappa shape index (κ1) is 12.5. The molecule has 1 fully saturated rings. The Morgan fingerprint density at radius 2 is 2.33 bits per heavy atom. The fourth-order valence-corrected chi connectivity index (χ4v) is 1.89. The van der Waals surface area contributed by atoms with Gasteiger partial charge in [-0.1, -0.05) is 0 Å². The van der Waals surface area contributed by atoms with E-state index in [0.29, 0.717) is 6.10 Å². The summed E-state index contributed by atoms with van der Waals surface area (Å²) >= 11 is 0. The smallest absolute Gasteiger partial charge is 0.303 e. The Morgan fingerprint density at radius 3 is 2.93 bits per heavy atom. The van der Waals surface area contributed by atoms with E-state index in [1.165, 1.54) is 12.8 Å². The lowest BCUT2D eigenvalue weighted by Gasteiger charge is -2.20. The molecule has 1 saturated heterocycles. The number of hydrogen-bond donors (Lipinski definition) is 1. The first-order chi connectivity index (χ1) is 7.18. The zero-order chi connectivity index (χ0) is 11.1. The summed E-state index contributed by atoms with van der Waals surface area (Å²) in [4.78, 5) is 12.5. The number of carboxylic acids is 1. The van der Waals surface area contributed by atoms with Crippen LogP contribution in [0.1, 0.15) is 32.1 Å². The zero-order valence-corrected chi connectivity index (χ0v) is 9.45. The number of aliphatic carboxylic acids is 1. The number of hydrogen-bond acceptors (Lipinski definition) is 3. The third kappa shape index (κ3) is 5.74. The van der Waals surface area contributed by atoms with E-state index >= 15 is 0 Å². The molecule has 0 saturated carbocycles. The van der Waals surface area contributed by atoms with Crippen molar-refractivity contribution in [1.82, 2.24) is 4.90 Å². The van der Waals surface area contributed by atoms with Gasteiger partial charge in [-0.15, -0.1) is 0 Å². The first-order valence-corrected chi connectivity index (χ1v) is 5.70. The molecule has 88 valence electrons. The second kappa shape index (κ2) is 6.80. The molecule has 0 aliphatic carbocycles. The molecule has 0 aromatic heterocycles. The van der Waals surface area contributed by atoms with Crippen molar-refractivity contribution >= 4 is 5.97 Å². The van der Waals surface area contributed by atoms with Gasteiger partial charge in [-0.2, -0.15) is 0 Å². The van der Waals surface area contributed by atoms with E-state index in [1.807, 2.05) is 0 Å². The molecule has 1 rings (SSSR count). The quantitative estimate of drug-likeness (QED) is 0.651. The van der Waals surface area contributed by atoms with Crippen LogP contribution in [0, 0.1) is 0 Å². The minimum atomic E-state index is -0.697. The Hall–Kier alpha value is -0.610. The molecule has 1 atom stereocenters. The fourth-order valence-electron chi connectivity index (χ4n) is 1.89. The monoisotopic (exact) mass is 215 g/mol. The van der Waals surface area contributed by atoms with E-state index in [-0.39, 0.29) is 6.42 Å². The Labute approximate surface area is 91.2 Å². The van der Waals surface area contributed by atoms with Crippen molar-refractivity contribution in [2.45, 2.75) is 38.2 Å². The number of carbonyl (C=O) groups is 1. The van der Waals surface area contributed by atoms with Crippen LogP contribution >= 0.6 is 0 Å². The van der Waals surface area contributed by atoms with Crippen molar-refractivity contribution in [3.8, 4) is 0 Å². The van der Waals surface area contributed by atoms with Crippen LogP contribution in [0.25, 0.3) is 0 Å². The summed E-state index contributed by atoms with van der Waals surface area (Å²) in [6.45, 7) is 2.84. The number of carboxylic acid groups (broad SMARTS) is 1.